The molecule has 0 saturated heterocycles. The maximum atomic E-state index is 13.7. The van der Waals surface area contributed by atoms with Crippen molar-refractivity contribution in [3.05, 3.63) is 48.5 Å². The van der Waals surface area contributed by atoms with E-state index in [0.717, 1.165) is 66.2 Å². The van der Waals surface area contributed by atoms with Crippen LogP contribution in [0.3, 0.4) is 0 Å². The number of aromatic nitrogens is 2. The van der Waals surface area contributed by atoms with Crippen LogP contribution in [-0.2, 0) is 4.79 Å². The van der Waals surface area contributed by atoms with E-state index in [2.05, 4.69) is 53.4 Å². The summed E-state index contributed by atoms with van der Waals surface area (Å²) in [7, 11) is 1.79. The van der Waals surface area contributed by atoms with Gasteiger partial charge in [0, 0.05) is 13.1 Å². The molecule has 0 bridgehead atoms. The van der Waals surface area contributed by atoms with Crippen molar-refractivity contribution in [2.75, 3.05) is 11.9 Å². The lowest BCUT2D eigenvalue weighted by molar-refractivity contribution is -0.131. The largest absolute Gasteiger partial charge is 0.369 e. The molecule has 3 heterocycles. The summed E-state index contributed by atoms with van der Waals surface area (Å²) in [6, 6.07) is 17.0. The van der Waals surface area contributed by atoms with Gasteiger partial charge in [0.05, 0.1) is 20.4 Å². The van der Waals surface area contributed by atoms with E-state index in [1.807, 2.05) is 0 Å². The molecule has 3 atom stereocenters. The SMILES string of the molecule is CN1C(=O)[C@@](CCC2CCCCC2)(C[C@H]2CCC[C@@H](N(c3nc4ccccc4s3)c3nc4ccccc4s3)C2)N=C1N. The molecule has 2 aromatic carbocycles. The number of anilines is 2. The molecule has 1 amide bonds. The molecule has 42 heavy (non-hydrogen) atoms. The summed E-state index contributed by atoms with van der Waals surface area (Å²) in [4.78, 5) is 32.9. The maximum absolute atomic E-state index is 13.7. The van der Waals surface area contributed by atoms with Crippen LogP contribution in [0.1, 0.15) is 77.0 Å². The van der Waals surface area contributed by atoms with Crippen LogP contribution in [0.4, 0.5) is 10.3 Å². The van der Waals surface area contributed by atoms with Gasteiger partial charge < -0.3 is 5.73 Å². The van der Waals surface area contributed by atoms with Crippen LogP contribution < -0.4 is 10.6 Å². The third-order valence-electron chi connectivity index (χ3n) is 9.79. The Hall–Kier alpha value is -3.04. The number of para-hydroxylation sites is 2. The van der Waals surface area contributed by atoms with E-state index in [-0.39, 0.29) is 11.9 Å². The number of guanidine groups is 1. The van der Waals surface area contributed by atoms with Crippen LogP contribution in [0, 0.1) is 11.8 Å². The number of fused-ring (bicyclic) bond motifs is 2. The predicted molar refractivity (Wildman–Crippen MR) is 175 cm³/mol. The monoisotopic (exact) mass is 600 g/mol. The molecule has 0 spiro atoms. The van der Waals surface area contributed by atoms with Crippen molar-refractivity contribution >= 4 is 65.2 Å². The van der Waals surface area contributed by atoms with Crippen molar-refractivity contribution in [3.63, 3.8) is 0 Å². The number of likely N-dealkylation sites (N-methyl/N-ethyl adjacent to an activating group) is 1. The van der Waals surface area contributed by atoms with Gasteiger partial charge in [-0.3, -0.25) is 14.6 Å². The van der Waals surface area contributed by atoms with Crippen LogP contribution in [0.2, 0.25) is 0 Å². The molecule has 2 saturated carbocycles. The molecule has 0 radical (unpaired) electrons. The Morgan fingerprint density at radius 3 is 2.10 bits per heavy atom. The lowest BCUT2D eigenvalue weighted by atomic mass is 9.74. The van der Waals surface area contributed by atoms with E-state index in [1.165, 1.54) is 41.5 Å². The quantitative estimate of drug-likeness (QED) is 0.222. The zero-order valence-electron chi connectivity index (χ0n) is 24.4. The maximum Gasteiger partial charge on any atom is 0.257 e. The van der Waals surface area contributed by atoms with Crippen LogP contribution >= 0.6 is 22.7 Å². The number of hydrogen-bond acceptors (Lipinski definition) is 8. The molecule has 2 aliphatic carbocycles. The first-order valence-electron chi connectivity index (χ1n) is 15.6. The van der Waals surface area contributed by atoms with E-state index < -0.39 is 5.54 Å². The van der Waals surface area contributed by atoms with Gasteiger partial charge in [-0.25, -0.2) is 15.0 Å². The van der Waals surface area contributed by atoms with Crippen LogP contribution in [0.5, 0.6) is 0 Å². The summed E-state index contributed by atoms with van der Waals surface area (Å²) >= 11 is 3.49. The molecule has 0 unspecified atom stereocenters. The number of amides is 1. The minimum Gasteiger partial charge on any atom is -0.369 e. The fourth-order valence-corrected chi connectivity index (χ4v) is 9.69. The molecule has 2 aromatic heterocycles. The second-order valence-electron chi connectivity index (χ2n) is 12.6. The predicted octanol–water partition coefficient (Wildman–Crippen LogP) is 7.88. The highest BCUT2D eigenvalue weighted by atomic mass is 32.1. The van der Waals surface area contributed by atoms with Gasteiger partial charge in [-0.2, -0.15) is 0 Å². The van der Waals surface area contributed by atoms with Gasteiger partial charge in [0.25, 0.3) is 5.91 Å². The smallest absolute Gasteiger partial charge is 0.257 e. The highest BCUT2D eigenvalue weighted by molar-refractivity contribution is 7.24. The fourth-order valence-electron chi connectivity index (χ4n) is 7.56. The van der Waals surface area contributed by atoms with Crippen molar-refractivity contribution in [1.82, 2.24) is 14.9 Å². The van der Waals surface area contributed by atoms with E-state index in [9.17, 15) is 4.79 Å². The van der Waals surface area contributed by atoms with Gasteiger partial charge in [0.1, 0.15) is 5.54 Å². The second-order valence-corrected chi connectivity index (χ2v) is 14.6. The molecule has 9 heteroatoms. The summed E-state index contributed by atoms with van der Waals surface area (Å²) in [5, 5.41) is 2.01. The number of aliphatic imine (C=N–C) groups is 1. The first-order chi connectivity index (χ1) is 20.5. The van der Waals surface area contributed by atoms with Crippen molar-refractivity contribution in [2.24, 2.45) is 22.6 Å². The molecular weight excluding hydrogens is 561 g/mol. The number of carbonyl (C=O) groups is 1. The average molecular weight is 601 g/mol. The zero-order valence-corrected chi connectivity index (χ0v) is 26.0. The Bertz CT molecular complexity index is 1470. The number of carbonyl (C=O) groups excluding carboxylic acids is 1. The number of nitrogens with zero attached hydrogens (tertiary/aromatic N) is 5. The number of hydrogen-bond donors (Lipinski definition) is 1. The molecule has 7 rings (SSSR count). The summed E-state index contributed by atoms with van der Waals surface area (Å²) in [5.74, 6) is 1.56. The summed E-state index contributed by atoms with van der Waals surface area (Å²) < 4.78 is 2.38. The summed E-state index contributed by atoms with van der Waals surface area (Å²) in [6.45, 7) is 0. The van der Waals surface area contributed by atoms with Gasteiger partial charge in [0.15, 0.2) is 16.2 Å². The van der Waals surface area contributed by atoms with E-state index >= 15 is 0 Å². The van der Waals surface area contributed by atoms with Crippen LogP contribution in [0.25, 0.3) is 20.4 Å². The van der Waals surface area contributed by atoms with Crippen molar-refractivity contribution < 1.29 is 4.79 Å². The summed E-state index contributed by atoms with van der Waals surface area (Å²) in [6.07, 6.45) is 13.5. The van der Waals surface area contributed by atoms with Crippen molar-refractivity contribution in [2.45, 2.75) is 88.6 Å². The second kappa shape index (κ2) is 11.6. The number of thiazole rings is 2. The Balaban J connectivity index is 1.18. The minimum atomic E-state index is -0.723. The van der Waals surface area contributed by atoms with Crippen LogP contribution in [0.15, 0.2) is 53.5 Å². The minimum absolute atomic E-state index is 0.0899. The van der Waals surface area contributed by atoms with Crippen molar-refractivity contribution in [1.29, 1.82) is 0 Å². The first-order valence-corrected chi connectivity index (χ1v) is 17.3. The lowest BCUT2D eigenvalue weighted by Gasteiger charge is -2.38. The van der Waals surface area contributed by atoms with E-state index in [1.54, 1.807) is 34.6 Å². The first kappa shape index (κ1) is 27.8. The Morgan fingerprint density at radius 1 is 0.881 bits per heavy atom. The van der Waals surface area contributed by atoms with E-state index in [0.29, 0.717) is 17.8 Å². The van der Waals surface area contributed by atoms with Gasteiger partial charge in [0.2, 0.25) is 0 Å². The summed E-state index contributed by atoms with van der Waals surface area (Å²) in [5.41, 5.74) is 7.63. The third-order valence-corrected chi connectivity index (χ3v) is 11.9. The fraction of sp³-hybridized carbons (Fsp3) is 0.515. The Kier molecular flexibility index (Phi) is 7.65. The molecular formula is C33H40N6OS2. The molecule has 3 aliphatic rings. The Labute approximate surface area is 255 Å². The topological polar surface area (TPSA) is 87.7 Å². The number of benzene rings is 2. The van der Waals surface area contributed by atoms with Crippen LogP contribution in [-0.4, -0.2) is 45.4 Å². The molecule has 220 valence electrons. The molecule has 7 nitrogen and oxygen atoms in total. The van der Waals surface area contributed by atoms with Gasteiger partial charge in [-0.1, -0.05) is 91.9 Å². The van der Waals surface area contributed by atoms with Gasteiger partial charge >= 0.3 is 0 Å². The highest BCUT2D eigenvalue weighted by Crippen LogP contribution is 2.45. The lowest BCUT2D eigenvalue weighted by Crippen LogP contribution is -2.45. The van der Waals surface area contributed by atoms with E-state index in [4.69, 9.17) is 20.7 Å². The number of rotatable bonds is 8. The van der Waals surface area contributed by atoms with Gasteiger partial charge in [-0.15, -0.1) is 0 Å². The highest BCUT2D eigenvalue weighted by Gasteiger charge is 2.48. The molecule has 2 fully saturated rings. The molecule has 4 aromatic rings. The standard InChI is InChI=1S/C33H40N6OS2/c1-38-29(40)33(37-30(38)34,19-18-22-10-3-2-4-11-22)21-23-12-9-13-24(20-23)39(31-35-25-14-5-7-16-27(25)41-31)32-36-26-15-6-8-17-28(26)42-32/h5-8,14-17,22-24H,2-4,9-13,18-21H2,1H3,(H2,34,37)/t23-,24+,33+/m0/s1. The van der Waals surface area contributed by atoms with Gasteiger partial charge in [-0.05, 0) is 68.2 Å². The normalized spacial score (nSPS) is 25.4. The zero-order chi connectivity index (χ0) is 28.7. The molecule has 2 N–H and O–H groups in total. The average Bonchev–Trinajstić information content (AvgIpc) is 3.69. The molecule has 1 aliphatic heterocycles. The number of nitrogens with two attached hydrogens (primary N) is 1. The Morgan fingerprint density at radius 2 is 1.50 bits per heavy atom. The van der Waals surface area contributed by atoms with Crippen molar-refractivity contribution in [3.8, 4) is 0 Å². The third kappa shape index (κ3) is 5.30.